The molecule has 0 aromatic rings. The molecule has 1 unspecified atom stereocenters. The molecule has 2 saturated heterocycles. The monoisotopic (exact) mass is 303 g/mol. The van der Waals surface area contributed by atoms with Gasteiger partial charge in [0.15, 0.2) is 5.71 Å². The number of fused-ring (bicyclic) bond motifs is 1. The Hall–Kier alpha value is -0.700. The van der Waals surface area contributed by atoms with E-state index in [9.17, 15) is 0 Å². The van der Waals surface area contributed by atoms with E-state index in [1.54, 1.807) is 17.0 Å². The van der Waals surface area contributed by atoms with Gasteiger partial charge >= 0.3 is 0 Å². The molecule has 4 aliphatic rings. The molecule has 0 spiro atoms. The van der Waals surface area contributed by atoms with Crippen molar-refractivity contribution in [1.29, 1.82) is 0 Å². The molecule has 21 heavy (non-hydrogen) atoms. The van der Waals surface area contributed by atoms with Crippen LogP contribution < -0.4 is 0 Å². The Bertz CT molecular complexity index is 515. The van der Waals surface area contributed by atoms with Crippen molar-refractivity contribution >= 4 is 18.3 Å². The van der Waals surface area contributed by atoms with E-state index in [1.165, 1.54) is 82.5 Å². The highest BCUT2D eigenvalue weighted by Gasteiger charge is 2.33. The number of likely N-dealkylation sites (tertiary alicyclic amines) is 1. The number of rotatable bonds is 1. The molecule has 0 aromatic carbocycles. The van der Waals surface area contributed by atoms with Gasteiger partial charge in [-0.1, -0.05) is 0 Å². The van der Waals surface area contributed by atoms with E-state index in [2.05, 4.69) is 15.6 Å². The van der Waals surface area contributed by atoms with Crippen molar-refractivity contribution in [1.82, 2.24) is 4.90 Å². The van der Waals surface area contributed by atoms with Crippen molar-refractivity contribution in [3.05, 3.63) is 22.3 Å². The van der Waals surface area contributed by atoms with Gasteiger partial charge in [-0.2, -0.15) is 0 Å². The molecule has 2 fully saturated rings. The molecule has 0 N–H and O–H groups in total. The minimum atomic E-state index is 0.773. The molecule has 0 radical (unpaired) electrons. The van der Waals surface area contributed by atoms with Gasteiger partial charge in [-0.25, -0.2) is 4.58 Å². The molecule has 3 heteroatoms. The third kappa shape index (κ3) is 2.58. The van der Waals surface area contributed by atoms with E-state index in [-0.39, 0.29) is 0 Å². The molecule has 0 bridgehead atoms. The van der Waals surface area contributed by atoms with Crippen LogP contribution in [0.15, 0.2) is 22.3 Å². The molecule has 0 aromatic heterocycles. The fourth-order valence-electron chi connectivity index (χ4n) is 4.55. The highest BCUT2D eigenvalue weighted by atomic mass is 32.1. The SMILES string of the molecule is SC1=C2C=C(N3CCCC3)CCC2CCC1=[N+]1CCCC1. The minimum Gasteiger partial charge on any atom is -0.375 e. The fraction of sp³-hybridized carbons (Fsp3) is 0.722. The van der Waals surface area contributed by atoms with Gasteiger partial charge in [0.25, 0.3) is 0 Å². The van der Waals surface area contributed by atoms with Crippen LogP contribution in [-0.4, -0.2) is 41.4 Å². The van der Waals surface area contributed by atoms with Crippen LogP contribution >= 0.6 is 12.6 Å². The molecular formula is C18H27N2S+. The molecule has 0 saturated carbocycles. The van der Waals surface area contributed by atoms with Gasteiger partial charge in [-0.15, -0.1) is 12.6 Å². The lowest BCUT2D eigenvalue weighted by Crippen LogP contribution is -2.29. The van der Waals surface area contributed by atoms with E-state index in [1.807, 2.05) is 0 Å². The summed E-state index contributed by atoms with van der Waals surface area (Å²) in [6.07, 6.45) is 13.2. The van der Waals surface area contributed by atoms with Crippen LogP contribution in [0.1, 0.15) is 51.4 Å². The third-order valence-corrected chi connectivity index (χ3v) is 6.30. The molecule has 2 nitrogen and oxygen atoms in total. The molecule has 1 atom stereocenters. The fourth-order valence-corrected chi connectivity index (χ4v) is 5.05. The Balaban J connectivity index is 1.69. The van der Waals surface area contributed by atoms with Crippen molar-refractivity contribution in [3.63, 3.8) is 0 Å². The lowest BCUT2D eigenvalue weighted by Gasteiger charge is -2.33. The summed E-state index contributed by atoms with van der Waals surface area (Å²) in [4.78, 5) is 3.94. The topological polar surface area (TPSA) is 6.25 Å². The summed E-state index contributed by atoms with van der Waals surface area (Å²) in [5.74, 6) is 0.773. The van der Waals surface area contributed by atoms with E-state index in [0.717, 1.165) is 5.92 Å². The second-order valence-corrected chi connectivity index (χ2v) is 7.50. The van der Waals surface area contributed by atoms with Gasteiger partial charge < -0.3 is 4.90 Å². The zero-order valence-corrected chi connectivity index (χ0v) is 13.9. The van der Waals surface area contributed by atoms with Gasteiger partial charge in [-0.05, 0) is 49.7 Å². The predicted octanol–water partition coefficient (Wildman–Crippen LogP) is 3.60. The molecule has 4 rings (SSSR count). The first kappa shape index (κ1) is 13.9. The van der Waals surface area contributed by atoms with Crippen LogP contribution in [0, 0.1) is 5.92 Å². The first-order chi connectivity index (χ1) is 10.3. The Kier molecular flexibility index (Phi) is 3.87. The lowest BCUT2D eigenvalue weighted by atomic mass is 9.79. The van der Waals surface area contributed by atoms with Crippen molar-refractivity contribution < 1.29 is 4.58 Å². The van der Waals surface area contributed by atoms with Crippen LogP contribution in [0.5, 0.6) is 0 Å². The van der Waals surface area contributed by atoms with Crippen LogP contribution in [0.4, 0.5) is 0 Å². The molecule has 2 heterocycles. The van der Waals surface area contributed by atoms with Crippen molar-refractivity contribution in [3.8, 4) is 0 Å². The number of allylic oxidation sites excluding steroid dienone is 4. The van der Waals surface area contributed by atoms with Gasteiger partial charge in [0.05, 0.1) is 4.91 Å². The molecular weight excluding hydrogens is 276 g/mol. The Morgan fingerprint density at radius 3 is 2.48 bits per heavy atom. The second kappa shape index (κ2) is 5.83. The molecule has 0 amide bonds. The van der Waals surface area contributed by atoms with E-state index in [0.29, 0.717) is 0 Å². The Morgan fingerprint density at radius 1 is 1.00 bits per heavy atom. The van der Waals surface area contributed by atoms with Crippen molar-refractivity contribution in [2.24, 2.45) is 5.92 Å². The van der Waals surface area contributed by atoms with E-state index < -0.39 is 0 Å². The summed E-state index contributed by atoms with van der Waals surface area (Å²) in [5.41, 5.74) is 4.69. The largest absolute Gasteiger partial charge is 0.375 e. The van der Waals surface area contributed by atoms with Gasteiger partial charge in [-0.3, -0.25) is 0 Å². The van der Waals surface area contributed by atoms with Crippen LogP contribution in [0.25, 0.3) is 0 Å². The smallest absolute Gasteiger partial charge is 0.189 e. The Morgan fingerprint density at radius 2 is 1.71 bits per heavy atom. The summed E-state index contributed by atoms with van der Waals surface area (Å²) in [5, 5.41) is 0. The van der Waals surface area contributed by atoms with E-state index in [4.69, 9.17) is 12.6 Å². The maximum absolute atomic E-state index is 4.97. The Labute approximate surface area is 134 Å². The quantitative estimate of drug-likeness (QED) is 0.574. The summed E-state index contributed by atoms with van der Waals surface area (Å²) in [6.45, 7) is 5.04. The number of nitrogens with zero attached hydrogens (tertiary/aromatic N) is 2. The number of hydrogen-bond donors (Lipinski definition) is 1. The van der Waals surface area contributed by atoms with E-state index >= 15 is 0 Å². The maximum atomic E-state index is 4.97. The van der Waals surface area contributed by atoms with Crippen LogP contribution in [0.3, 0.4) is 0 Å². The highest BCUT2D eigenvalue weighted by molar-refractivity contribution is 7.85. The number of thiol groups is 1. The predicted molar refractivity (Wildman–Crippen MR) is 91.1 cm³/mol. The summed E-state index contributed by atoms with van der Waals surface area (Å²) in [6, 6.07) is 0. The lowest BCUT2D eigenvalue weighted by molar-refractivity contribution is -0.506. The normalized spacial score (nSPS) is 30.0. The standard InChI is InChI=1S/C18H26N2S/c21-18-16-13-15(19-9-1-2-10-19)7-5-14(16)6-8-17(18)20-11-3-4-12-20/h13-14H,1-12H2/p+1. The van der Waals surface area contributed by atoms with Crippen LogP contribution in [-0.2, 0) is 0 Å². The first-order valence-electron chi connectivity index (χ1n) is 8.83. The van der Waals surface area contributed by atoms with Crippen molar-refractivity contribution in [2.45, 2.75) is 51.4 Å². The average molecular weight is 303 g/mol. The average Bonchev–Trinajstić information content (AvgIpc) is 3.21. The minimum absolute atomic E-state index is 0.773. The molecule has 2 aliphatic heterocycles. The zero-order chi connectivity index (χ0) is 14.2. The number of hydrogen-bond acceptors (Lipinski definition) is 2. The molecule has 114 valence electrons. The third-order valence-electron chi connectivity index (χ3n) is 5.79. The van der Waals surface area contributed by atoms with Gasteiger partial charge in [0.2, 0.25) is 0 Å². The highest BCUT2D eigenvalue weighted by Crippen LogP contribution is 2.40. The zero-order valence-electron chi connectivity index (χ0n) is 13.0. The summed E-state index contributed by atoms with van der Waals surface area (Å²) < 4.78 is 2.60. The van der Waals surface area contributed by atoms with Gasteiger partial charge in [0, 0.05) is 38.0 Å². The van der Waals surface area contributed by atoms with Crippen LogP contribution in [0.2, 0.25) is 0 Å². The maximum Gasteiger partial charge on any atom is 0.189 e. The summed E-state index contributed by atoms with van der Waals surface area (Å²) >= 11 is 4.97. The van der Waals surface area contributed by atoms with Crippen molar-refractivity contribution in [2.75, 3.05) is 26.2 Å². The van der Waals surface area contributed by atoms with Gasteiger partial charge in [0.1, 0.15) is 13.1 Å². The molecule has 2 aliphatic carbocycles. The first-order valence-corrected chi connectivity index (χ1v) is 9.27. The second-order valence-electron chi connectivity index (χ2n) is 7.05. The summed E-state index contributed by atoms with van der Waals surface area (Å²) in [7, 11) is 0.